The van der Waals surface area contributed by atoms with Crippen LogP contribution in [-0.2, 0) is 19.1 Å². The summed E-state index contributed by atoms with van der Waals surface area (Å²) in [5.41, 5.74) is 2.23. The topological polar surface area (TPSA) is 55.8 Å². The highest BCUT2D eigenvalue weighted by molar-refractivity contribution is 9.12. The van der Waals surface area contributed by atoms with Gasteiger partial charge in [0.2, 0.25) is 0 Å². The molecule has 158 valence electrons. The Balaban J connectivity index is 2.87. The summed E-state index contributed by atoms with van der Waals surface area (Å²) in [6.45, 7) is 7.85. The van der Waals surface area contributed by atoms with Crippen molar-refractivity contribution in [2.45, 2.75) is 40.0 Å². The number of carbonyl (C=O) groups excluding carboxylic acids is 2. The average Bonchev–Trinajstić information content (AvgIpc) is 2.71. The van der Waals surface area contributed by atoms with Crippen molar-refractivity contribution in [1.82, 2.24) is 4.90 Å². The molecule has 1 fully saturated rings. The number of likely N-dealkylation sites (tertiary alicyclic amines) is 1. The van der Waals surface area contributed by atoms with Gasteiger partial charge in [0, 0.05) is 17.6 Å². The van der Waals surface area contributed by atoms with Crippen molar-refractivity contribution in [3.05, 3.63) is 51.6 Å². The Morgan fingerprint density at radius 2 is 1.45 bits per heavy atom. The van der Waals surface area contributed by atoms with Gasteiger partial charge in [-0.15, -0.1) is 0 Å². The van der Waals surface area contributed by atoms with Crippen LogP contribution in [0.5, 0.6) is 0 Å². The number of allylic oxidation sites excluding steroid dienone is 2. The lowest BCUT2D eigenvalue weighted by Crippen LogP contribution is -2.34. The molecule has 1 heterocycles. The standard InChI is InChI=1S/C23H30BrNO4/c1-23(2,3)18(16-12-8-6-9-13-16)19(24)20(25-14-10-7-11-15-25)17(21(26)28-4)22(27)29-5/h6,8-9,12-13H,7,10-11,14-15H2,1-5H3/b19-18+. The molecule has 1 aliphatic heterocycles. The molecule has 0 atom stereocenters. The monoisotopic (exact) mass is 463 g/mol. The van der Waals surface area contributed by atoms with Crippen LogP contribution >= 0.6 is 15.9 Å². The summed E-state index contributed by atoms with van der Waals surface area (Å²) in [4.78, 5) is 27.4. The van der Waals surface area contributed by atoms with Crippen LogP contribution in [-0.4, -0.2) is 44.1 Å². The van der Waals surface area contributed by atoms with Crippen LogP contribution in [0.1, 0.15) is 45.6 Å². The molecule has 0 radical (unpaired) electrons. The first-order valence-electron chi connectivity index (χ1n) is 9.84. The van der Waals surface area contributed by atoms with Gasteiger partial charge in [-0.05, 0) is 51.7 Å². The molecule has 0 saturated carbocycles. The molecular formula is C23H30BrNO4. The minimum atomic E-state index is -0.698. The number of rotatable bonds is 5. The molecule has 0 amide bonds. The first kappa shape index (κ1) is 23.2. The van der Waals surface area contributed by atoms with Gasteiger partial charge in [0.25, 0.3) is 0 Å². The third-order valence-electron chi connectivity index (χ3n) is 4.93. The van der Waals surface area contributed by atoms with Crippen molar-refractivity contribution in [1.29, 1.82) is 0 Å². The number of methoxy groups -OCH3 is 2. The lowest BCUT2D eigenvalue weighted by molar-refractivity contribution is -0.144. The summed E-state index contributed by atoms with van der Waals surface area (Å²) in [6, 6.07) is 9.99. The molecule has 1 aliphatic rings. The van der Waals surface area contributed by atoms with E-state index in [2.05, 4.69) is 41.6 Å². The highest BCUT2D eigenvalue weighted by Gasteiger charge is 2.34. The lowest BCUT2D eigenvalue weighted by atomic mass is 9.81. The van der Waals surface area contributed by atoms with Crippen molar-refractivity contribution in [2.75, 3.05) is 27.3 Å². The molecule has 0 spiro atoms. The molecule has 29 heavy (non-hydrogen) atoms. The summed E-state index contributed by atoms with van der Waals surface area (Å²) in [7, 11) is 2.55. The van der Waals surface area contributed by atoms with Gasteiger partial charge in [-0.3, -0.25) is 0 Å². The number of ether oxygens (including phenoxy) is 2. The highest BCUT2D eigenvalue weighted by atomic mass is 79.9. The molecule has 0 aromatic heterocycles. The number of halogens is 1. The van der Waals surface area contributed by atoms with Crippen LogP contribution in [0.2, 0.25) is 0 Å². The van der Waals surface area contributed by atoms with Gasteiger partial charge in [-0.25, -0.2) is 9.59 Å². The Morgan fingerprint density at radius 3 is 1.90 bits per heavy atom. The SMILES string of the molecule is COC(=O)C(C(=O)OC)=C(/C(Br)=C(/c1ccccc1)C(C)(C)C)N1CCCCC1. The molecule has 0 unspecified atom stereocenters. The first-order valence-corrected chi connectivity index (χ1v) is 10.6. The third-order valence-corrected chi connectivity index (χ3v) is 5.70. The second-order valence-electron chi connectivity index (χ2n) is 8.06. The van der Waals surface area contributed by atoms with Crippen LogP contribution < -0.4 is 0 Å². The average molecular weight is 464 g/mol. The Kier molecular flexibility index (Phi) is 8.08. The fourth-order valence-corrected chi connectivity index (χ4v) is 4.89. The Bertz CT molecular complexity index is 782. The smallest absolute Gasteiger partial charge is 0.347 e. The van der Waals surface area contributed by atoms with E-state index in [1.165, 1.54) is 14.2 Å². The molecule has 1 saturated heterocycles. The Labute approximate surface area is 181 Å². The predicted octanol–water partition coefficient (Wildman–Crippen LogP) is 4.92. The molecular weight excluding hydrogens is 434 g/mol. The highest BCUT2D eigenvalue weighted by Crippen LogP contribution is 2.43. The van der Waals surface area contributed by atoms with E-state index in [1.807, 2.05) is 30.3 Å². The number of nitrogens with zero attached hydrogens (tertiary/aromatic N) is 1. The maximum absolute atomic E-state index is 12.7. The van der Waals surface area contributed by atoms with Crippen LogP contribution in [0.15, 0.2) is 46.1 Å². The van der Waals surface area contributed by atoms with E-state index >= 15 is 0 Å². The summed E-state index contributed by atoms with van der Waals surface area (Å²) in [6.07, 6.45) is 3.12. The van der Waals surface area contributed by atoms with Crippen molar-refractivity contribution in [3.8, 4) is 0 Å². The van der Waals surface area contributed by atoms with Gasteiger partial charge in [0.15, 0.2) is 5.57 Å². The molecule has 0 N–H and O–H groups in total. The van der Waals surface area contributed by atoms with E-state index in [-0.39, 0.29) is 11.0 Å². The number of benzene rings is 1. The van der Waals surface area contributed by atoms with Gasteiger partial charge in [-0.1, -0.05) is 51.1 Å². The zero-order valence-electron chi connectivity index (χ0n) is 17.9. The zero-order valence-corrected chi connectivity index (χ0v) is 19.5. The van der Waals surface area contributed by atoms with Gasteiger partial charge >= 0.3 is 11.9 Å². The van der Waals surface area contributed by atoms with Crippen LogP contribution in [0.4, 0.5) is 0 Å². The molecule has 5 nitrogen and oxygen atoms in total. The number of carbonyl (C=O) groups is 2. The van der Waals surface area contributed by atoms with E-state index in [9.17, 15) is 9.59 Å². The minimum Gasteiger partial charge on any atom is -0.465 e. The number of hydrogen-bond donors (Lipinski definition) is 0. The number of hydrogen-bond acceptors (Lipinski definition) is 5. The molecule has 0 aliphatic carbocycles. The fourth-order valence-electron chi connectivity index (χ4n) is 3.62. The second-order valence-corrected chi connectivity index (χ2v) is 8.85. The van der Waals surface area contributed by atoms with Crippen molar-refractivity contribution < 1.29 is 19.1 Å². The summed E-state index contributed by atoms with van der Waals surface area (Å²) >= 11 is 3.78. The largest absolute Gasteiger partial charge is 0.465 e. The molecule has 1 aromatic rings. The Hall–Kier alpha value is -2.08. The van der Waals surface area contributed by atoms with E-state index < -0.39 is 11.9 Å². The van der Waals surface area contributed by atoms with Crippen LogP contribution in [0.3, 0.4) is 0 Å². The maximum Gasteiger partial charge on any atom is 0.347 e. The minimum absolute atomic E-state index is 0.0820. The third kappa shape index (κ3) is 5.50. The summed E-state index contributed by atoms with van der Waals surface area (Å²) < 4.78 is 10.6. The van der Waals surface area contributed by atoms with Gasteiger partial charge in [0.1, 0.15) is 0 Å². The van der Waals surface area contributed by atoms with E-state index in [4.69, 9.17) is 9.47 Å². The second kappa shape index (κ2) is 10.1. The van der Waals surface area contributed by atoms with Gasteiger partial charge in [-0.2, -0.15) is 0 Å². The number of esters is 2. The number of piperidine rings is 1. The summed E-state index contributed by atoms with van der Waals surface area (Å²) in [5.74, 6) is -1.40. The van der Waals surface area contributed by atoms with Crippen molar-refractivity contribution in [2.24, 2.45) is 5.41 Å². The van der Waals surface area contributed by atoms with E-state index in [1.54, 1.807) is 0 Å². The Morgan fingerprint density at radius 1 is 0.931 bits per heavy atom. The normalized spacial score (nSPS) is 15.3. The zero-order chi connectivity index (χ0) is 21.6. The van der Waals surface area contributed by atoms with Gasteiger partial charge < -0.3 is 14.4 Å². The first-order chi connectivity index (χ1) is 13.7. The lowest BCUT2D eigenvalue weighted by Gasteiger charge is -2.35. The molecule has 1 aromatic carbocycles. The van der Waals surface area contributed by atoms with Crippen LogP contribution in [0.25, 0.3) is 5.57 Å². The van der Waals surface area contributed by atoms with Gasteiger partial charge in [0.05, 0.1) is 19.9 Å². The molecule has 2 rings (SSSR count). The van der Waals surface area contributed by atoms with Crippen molar-refractivity contribution >= 4 is 33.4 Å². The summed E-state index contributed by atoms with van der Waals surface area (Å²) in [5, 5.41) is 0. The van der Waals surface area contributed by atoms with E-state index in [0.29, 0.717) is 10.2 Å². The molecule has 0 bridgehead atoms. The fraction of sp³-hybridized carbons (Fsp3) is 0.478. The van der Waals surface area contributed by atoms with E-state index in [0.717, 1.165) is 43.5 Å². The molecule has 6 heteroatoms. The van der Waals surface area contributed by atoms with Crippen LogP contribution in [0, 0.1) is 5.41 Å². The quantitative estimate of drug-likeness (QED) is 0.204. The maximum atomic E-state index is 12.7. The predicted molar refractivity (Wildman–Crippen MR) is 118 cm³/mol. The van der Waals surface area contributed by atoms with Crippen molar-refractivity contribution in [3.63, 3.8) is 0 Å².